The molecular formula is C24H32N4O4. The number of benzene rings is 1. The van der Waals surface area contributed by atoms with Crippen molar-refractivity contribution in [2.45, 2.75) is 70.5 Å². The Morgan fingerprint density at radius 3 is 2.38 bits per heavy atom. The van der Waals surface area contributed by atoms with Gasteiger partial charge in [0, 0.05) is 61.8 Å². The fraction of sp³-hybridized carbons (Fsp3) is 0.542. The van der Waals surface area contributed by atoms with Crippen molar-refractivity contribution in [3.8, 4) is 0 Å². The van der Waals surface area contributed by atoms with E-state index in [0.717, 1.165) is 49.7 Å². The molecule has 3 amide bonds. The van der Waals surface area contributed by atoms with Gasteiger partial charge in [-0.25, -0.2) is 9.59 Å². The number of carbonyl (C=O) groups excluding carboxylic acids is 2. The van der Waals surface area contributed by atoms with Gasteiger partial charge in [0.2, 0.25) is 5.91 Å². The Morgan fingerprint density at radius 1 is 1.00 bits per heavy atom. The summed E-state index contributed by atoms with van der Waals surface area (Å²) < 4.78 is 5.36. The van der Waals surface area contributed by atoms with Crippen molar-refractivity contribution >= 4 is 28.6 Å². The molecular weight excluding hydrogens is 408 g/mol. The van der Waals surface area contributed by atoms with Crippen molar-refractivity contribution in [2.24, 2.45) is 0 Å². The number of fused-ring (bicyclic) bond motifs is 1. The minimum Gasteiger partial charge on any atom is -0.423 e. The van der Waals surface area contributed by atoms with Gasteiger partial charge in [-0.05, 0) is 43.4 Å². The second-order valence-corrected chi connectivity index (χ2v) is 8.99. The Labute approximate surface area is 187 Å². The second-order valence-electron chi connectivity index (χ2n) is 8.99. The molecule has 2 aromatic rings. The molecule has 32 heavy (non-hydrogen) atoms. The topological polar surface area (TPSA) is 104 Å². The van der Waals surface area contributed by atoms with Gasteiger partial charge in [0.1, 0.15) is 5.58 Å². The summed E-state index contributed by atoms with van der Waals surface area (Å²) in [6, 6.07) is 7.36. The molecule has 4 rings (SSSR count). The number of hydrogen-bond acceptors (Lipinski definition) is 5. The SMILES string of the molecule is CC(=O)Nc1ccc2c(CN3CCC(NC(=O)NC4CCCCC4)CC3)cc(=O)oc2c1. The van der Waals surface area contributed by atoms with E-state index >= 15 is 0 Å². The third-order valence-electron chi connectivity index (χ3n) is 6.41. The molecule has 3 N–H and O–H groups in total. The van der Waals surface area contributed by atoms with Crippen LogP contribution in [-0.2, 0) is 11.3 Å². The molecule has 0 bridgehead atoms. The van der Waals surface area contributed by atoms with Gasteiger partial charge < -0.3 is 20.4 Å². The summed E-state index contributed by atoms with van der Waals surface area (Å²) >= 11 is 0. The summed E-state index contributed by atoms with van der Waals surface area (Å²) in [5.74, 6) is -0.174. The average Bonchev–Trinajstić information content (AvgIpc) is 2.75. The molecule has 1 aliphatic carbocycles. The Hall–Kier alpha value is -2.87. The summed E-state index contributed by atoms with van der Waals surface area (Å²) in [6.45, 7) is 3.78. The third-order valence-corrected chi connectivity index (χ3v) is 6.41. The molecule has 1 aromatic carbocycles. The van der Waals surface area contributed by atoms with Gasteiger partial charge in [0.05, 0.1) is 0 Å². The van der Waals surface area contributed by atoms with Gasteiger partial charge in [-0.1, -0.05) is 19.3 Å². The number of hydrogen-bond donors (Lipinski definition) is 3. The first-order chi connectivity index (χ1) is 15.5. The Balaban J connectivity index is 1.33. The van der Waals surface area contributed by atoms with Crippen LogP contribution >= 0.6 is 0 Å². The minimum absolute atomic E-state index is 0.0445. The highest BCUT2D eigenvalue weighted by Gasteiger charge is 2.23. The molecule has 8 nitrogen and oxygen atoms in total. The van der Waals surface area contributed by atoms with Gasteiger partial charge >= 0.3 is 11.7 Å². The van der Waals surface area contributed by atoms with Crippen LogP contribution in [0.2, 0.25) is 0 Å². The predicted octanol–water partition coefficient (Wildman–Crippen LogP) is 3.35. The van der Waals surface area contributed by atoms with Crippen LogP contribution in [0.5, 0.6) is 0 Å². The Bertz CT molecular complexity index is 1020. The third kappa shape index (κ3) is 5.88. The number of likely N-dealkylation sites (tertiary alicyclic amines) is 1. The maximum absolute atomic E-state index is 12.3. The number of urea groups is 1. The van der Waals surface area contributed by atoms with Crippen molar-refractivity contribution in [3.05, 3.63) is 40.2 Å². The lowest BCUT2D eigenvalue weighted by Crippen LogP contribution is -2.50. The van der Waals surface area contributed by atoms with E-state index in [1.165, 1.54) is 26.2 Å². The Kier molecular flexibility index (Phi) is 7.09. The van der Waals surface area contributed by atoms with E-state index in [1.54, 1.807) is 12.1 Å². The second kappa shape index (κ2) is 10.2. The standard InChI is InChI=1S/C24H32N4O4/c1-16(29)25-20-7-8-21-17(13-23(30)32-22(21)14-20)15-28-11-9-19(10-12-28)27-24(31)26-18-5-3-2-4-6-18/h7-8,13-14,18-19H,2-6,9-12,15H2,1H3,(H,25,29)(H2,26,27,31). The highest BCUT2D eigenvalue weighted by atomic mass is 16.4. The first-order valence-electron chi connectivity index (χ1n) is 11.6. The molecule has 2 heterocycles. The molecule has 0 unspecified atom stereocenters. The molecule has 172 valence electrons. The van der Waals surface area contributed by atoms with Crippen molar-refractivity contribution in [3.63, 3.8) is 0 Å². The van der Waals surface area contributed by atoms with Gasteiger partial charge in [0.25, 0.3) is 0 Å². The summed E-state index contributed by atoms with van der Waals surface area (Å²) in [4.78, 5) is 38.0. The van der Waals surface area contributed by atoms with E-state index in [4.69, 9.17) is 4.42 Å². The predicted molar refractivity (Wildman–Crippen MR) is 124 cm³/mol. The molecule has 2 fully saturated rings. The van der Waals surface area contributed by atoms with Crippen LogP contribution in [0, 0.1) is 0 Å². The molecule has 2 aliphatic rings. The number of anilines is 1. The van der Waals surface area contributed by atoms with E-state index in [0.29, 0.717) is 23.9 Å². The lowest BCUT2D eigenvalue weighted by molar-refractivity contribution is -0.114. The number of amides is 3. The quantitative estimate of drug-likeness (QED) is 0.619. The van der Waals surface area contributed by atoms with Gasteiger partial charge in [0.15, 0.2) is 0 Å². The summed E-state index contributed by atoms with van der Waals surface area (Å²) in [6.07, 6.45) is 7.59. The molecule has 1 aromatic heterocycles. The van der Waals surface area contributed by atoms with Gasteiger partial charge in [-0.15, -0.1) is 0 Å². The number of carbonyl (C=O) groups is 2. The van der Waals surface area contributed by atoms with Crippen LogP contribution in [0.1, 0.15) is 57.4 Å². The van der Waals surface area contributed by atoms with Crippen LogP contribution in [0.3, 0.4) is 0 Å². The monoisotopic (exact) mass is 440 g/mol. The van der Waals surface area contributed by atoms with E-state index in [-0.39, 0.29) is 18.0 Å². The zero-order chi connectivity index (χ0) is 22.5. The molecule has 1 saturated heterocycles. The van der Waals surface area contributed by atoms with Crippen LogP contribution < -0.4 is 21.6 Å². The number of nitrogens with zero attached hydrogens (tertiary/aromatic N) is 1. The Morgan fingerprint density at radius 2 is 1.69 bits per heavy atom. The van der Waals surface area contributed by atoms with Crippen LogP contribution in [0.25, 0.3) is 11.0 Å². The van der Waals surface area contributed by atoms with E-state index in [2.05, 4.69) is 20.9 Å². The van der Waals surface area contributed by atoms with Gasteiger partial charge in [-0.2, -0.15) is 0 Å². The number of piperidine rings is 1. The highest BCUT2D eigenvalue weighted by molar-refractivity contribution is 5.92. The van der Waals surface area contributed by atoms with Crippen LogP contribution in [0.15, 0.2) is 33.5 Å². The van der Waals surface area contributed by atoms with Crippen molar-refractivity contribution in [2.75, 3.05) is 18.4 Å². The molecule has 1 saturated carbocycles. The van der Waals surface area contributed by atoms with Crippen LogP contribution in [-0.4, -0.2) is 42.0 Å². The zero-order valence-electron chi connectivity index (χ0n) is 18.6. The van der Waals surface area contributed by atoms with Crippen LogP contribution in [0.4, 0.5) is 10.5 Å². The lowest BCUT2D eigenvalue weighted by Gasteiger charge is -2.33. The fourth-order valence-corrected chi connectivity index (χ4v) is 4.78. The number of nitrogens with one attached hydrogen (secondary N) is 3. The van der Waals surface area contributed by atoms with E-state index in [1.807, 2.05) is 12.1 Å². The first-order valence-corrected chi connectivity index (χ1v) is 11.6. The van der Waals surface area contributed by atoms with Crippen molar-refractivity contribution < 1.29 is 14.0 Å². The zero-order valence-corrected chi connectivity index (χ0v) is 18.6. The maximum Gasteiger partial charge on any atom is 0.336 e. The van der Waals surface area contributed by atoms with E-state index < -0.39 is 5.63 Å². The maximum atomic E-state index is 12.3. The number of rotatable bonds is 5. The lowest BCUT2D eigenvalue weighted by atomic mass is 9.96. The summed E-state index contributed by atoms with van der Waals surface area (Å²) in [7, 11) is 0. The van der Waals surface area contributed by atoms with Gasteiger partial charge in [-0.3, -0.25) is 9.69 Å². The fourth-order valence-electron chi connectivity index (χ4n) is 4.78. The normalized spacial score (nSPS) is 18.4. The molecule has 1 aliphatic heterocycles. The smallest absolute Gasteiger partial charge is 0.336 e. The van der Waals surface area contributed by atoms with Crippen molar-refractivity contribution in [1.82, 2.24) is 15.5 Å². The van der Waals surface area contributed by atoms with E-state index in [9.17, 15) is 14.4 Å². The summed E-state index contributed by atoms with van der Waals surface area (Å²) in [5.41, 5.74) is 1.58. The largest absolute Gasteiger partial charge is 0.423 e. The minimum atomic E-state index is -0.400. The molecule has 0 spiro atoms. The molecule has 0 atom stereocenters. The molecule has 0 radical (unpaired) electrons. The molecule has 8 heteroatoms. The average molecular weight is 441 g/mol. The highest BCUT2D eigenvalue weighted by Crippen LogP contribution is 2.24. The van der Waals surface area contributed by atoms with Crippen molar-refractivity contribution in [1.29, 1.82) is 0 Å². The first kappa shape index (κ1) is 22.3. The summed E-state index contributed by atoms with van der Waals surface area (Å²) in [5, 5.41) is 9.84.